The summed E-state index contributed by atoms with van der Waals surface area (Å²) in [5.74, 6) is 2.91. The number of pyridine rings is 1. The van der Waals surface area contributed by atoms with Crippen molar-refractivity contribution < 1.29 is 0 Å². The van der Waals surface area contributed by atoms with Crippen LogP contribution in [0.4, 0.5) is 5.82 Å². The van der Waals surface area contributed by atoms with Crippen LogP contribution in [0.5, 0.6) is 0 Å². The highest BCUT2D eigenvalue weighted by molar-refractivity contribution is 5.83. The minimum atomic E-state index is -0.336. The molecule has 2 rings (SSSR count). The highest BCUT2D eigenvalue weighted by atomic mass is 16.1. The quantitative estimate of drug-likeness (QED) is 0.732. The van der Waals surface area contributed by atoms with E-state index in [0.717, 1.165) is 5.39 Å². The molecule has 0 saturated carbocycles. The summed E-state index contributed by atoms with van der Waals surface area (Å²) in [5, 5.41) is 1.48. The van der Waals surface area contributed by atoms with Gasteiger partial charge in [0.2, 0.25) is 0 Å². The zero-order valence-corrected chi connectivity index (χ0v) is 8.97. The van der Waals surface area contributed by atoms with Crippen molar-refractivity contribution in [2.24, 2.45) is 0 Å². The smallest absolute Gasteiger partial charge is 0.261 e. The van der Waals surface area contributed by atoms with Crippen molar-refractivity contribution in [1.82, 2.24) is 4.57 Å². The van der Waals surface area contributed by atoms with Gasteiger partial charge < -0.3 is 5.73 Å². The molecular weight excluding hydrogens is 200 g/mol. The van der Waals surface area contributed by atoms with Crippen LogP contribution in [0.1, 0.15) is 13.0 Å². The molecule has 0 fully saturated rings. The number of fused-ring (bicyclic) bond motifs is 1. The summed E-state index contributed by atoms with van der Waals surface area (Å²) in [4.78, 5) is 12.1. The van der Waals surface area contributed by atoms with Gasteiger partial charge in [-0.3, -0.25) is 9.36 Å². The van der Waals surface area contributed by atoms with E-state index < -0.39 is 0 Å². The van der Waals surface area contributed by atoms with E-state index in [1.54, 1.807) is 19.1 Å². The van der Waals surface area contributed by atoms with Crippen molar-refractivity contribution in [2.45, 2.75) is 13.0 Å². The fourth-order valence-corrected chi connectivity index (χ4v) is 1.77. The zero-order chi connectivity index (χ0) is 11.7. The first-order chi connectivity index (χ1) is 7.65. The van der Waals surface area contributed by atoms with Crippen LogP contribution in [-0.4, -0.2) is 4.57 Å². The summed E-state index contributed by atoms with van der Waals surface area (Å²) in [6.07, 6.45) is 5.32. The number of nitrogens with zero attached hydrogens (tertiary/aromatic N) is 1. The van der Waals surface area contributed by atoms with Gasteiger partial charge in [0.25, 0.3) is 5.56 Å². The summed E-state index contributed by atoms with van der Waals surface area (Å²) >= 11 is 0. The second-order valence-corrected chi connectivity index (χ2v) is 3.67. The predicted molar refractivity (Wildman–Crippen MR) is 66.2 cm³/mol. The minimum absolute atomic E-state index is 0.138. The Kier molecular flexibility index (Phi) is 2.41. The Hall–Kier alpha value is -2.21. The Morgan fingerprint density at radius 2 is 2.12 bits per heavy atom. The van der Waals surface area contributed by atoms with Gasteiger partial charge in [0.05, 0.1) is 6.04 Å². The second-order valence-electron chi connectivity index (χ2n) is 3.67. The van der Waals surface area contributed by atoms with Crippen LogP contribution in [-0.2, 0) is 0 Å². The second kappa shape index (κ2) is 3.74. The standard InChI is InChI=1S/C13H12N2O/c1-3-9(2)15-12(14)8-10-6-4-5-7-11(10)13(15)16/h1,4-9H,14H2,2H3. The van der Waals surface area contributed by atoms with Gasteiger partial charge in [-0.1, -0.05) is 24.1 Å². The van der Waals surface area contributed by atoms with Gasteiger partial charge in [0.1, 0.15) is 5.82 Å². The Morgan fingerprint density at radius 1 is 1.44 bits per heavy atom. The zero-order valence-electron chi connectivity index (χ0n) is 8.97. The lowest BCUT2D eigenvalue weighted by Crippen LogP contribution is -2.25. The molecule has 1 atom stereocenters. The maximum atomic E-state index is 12.1. The predicted octanol–water partition coefficient (Wildman–Crippen LogP) is 1.78. The number of terminal acetylenes is 1. The highest BCUT2D eigenvalue weighted by Crippen LogP contribution is 2.16. The fourth-order valence-electron chi connectivity index (χ4n) is 1.77. The van der Waals surface area contributed by atoms with E-state index in [9.17, 15) is 4.79 Å². The number of hydrogen-bond donors (Lipinski definition) is 1. The fraction of sp³-hybridized carbons (Fsp3) is 0.154. The molecule has 1 aromatic heterocycles. The van der Waals surface area contributed by atoms with E-state index in [2.05, 4.69) is 5.92 Å². The van der Waals surface area contributed by atoms with E-state index in [4.69, 9.17) is 12.2 Å². The van der Waals surface area contributed by atoms with Crippen LogP contribution in [0.25, 0.3) is 10.8 Å². The maximum absolute atomic E-state index is 12.1. The van der Waals surface area contributed by atoms with E-state index in [1.165, 1.54) is 4.57 Å². The van der Waals surface area contributed by atoms with Crippen LogP contribution < -0.4 is 11.3 Å². The van der Waals surface area contributed by atoms with Gasteiger partial charge in [-0.2, -0.15) is 0 Å². The molecule has 3 heteroatoms. The van der Waals surface area contributed by atoms with Crippen LogP contribution in [0.15, 0.2) is 35.1 Å². The van der Waals surface area contributed by atoms with Crippen molar-refractivity contribution in [3.8, 4) is 12.3 Å². The van der Waals surface area contributed by atoms with Gasteiger partial charge in [-0.25, -0.2) is 0 Å². The molecule has 0 amide bonds. The summed E-state index contributed by atoms with van der Waals surface area (Å²) in [6.45, 7) is 1.77. The minimum Gasteiger partial charge on any atom is -0.385 e. The molecule has 1 heterocycles. The first-order valence-corrected chi connectivity index (χ1v) is 5.01. The van der Waals surface area contributed by atoms with Crippen LogP contribution >= 0.6 is 0 Å². The Morgan fingerprint density at radius 3 is 2.81 bits per heavy atom. The number of benzene rings is 1. The molecule has 2 N–H and O–H groups in total. The molecule has 1 aromatic carbocycles. The largest absolute Gasteiger partial charge is 0.385 e. The molecule has 80 valence electrons. The van der Waals surface area contributed by atoms with Crippen LogP contribution in [0.2, 0.25) is 0 Å². The molecular formula is C13H12N2O. The summed E-state index contributed by atoms with van der Waals surface area (Å²) in [6, 6.07) is 8.76. The third-order valence-electron chi connectivity index (χ3n) is 2.62. The summed E-state index contributed by atoms with van der Waals surface area (Å²) in [7, 11) is 0. The molecule has 16 heavy (non-hydrogen) atoms. The summed E-state index contributed by atoms with van der Waals surface area (Å²) in [5.41, 5.74) is 5.69. The third kappa shape index (κ3) is 1.45. The maximum Gasteiger partial charge on any atom is 0.261 e. The van der Waals surface area contributed by atoms with E-state index in [-0.39, 0.29) is 11.6 Å². The molecule has 2 aromatic rings. The number of nitrogen functional groups attached to an aromatic ring is 1. The van der Waals surface area contributed by atoms with E-state index in [0.29, 0.717) is 11.2 Å². The number of hydrogen-bond acceptors (Lipinski definition) is 2. The first kappa shape index (κ1) is 10.3. The highest BCUT2D eigenvalue weighted by Gasteiger charge is 2.10. The van der Waals surface area contributed by atoms with E-state index in [1.807, 2.05) is 18.2 Å². The lowest BCUT2D eigenvalue weighted by Gasteiger charge is -2.13. The average molecular weight is 212 g/mol. The number of nitrogens with two attached hydrogens (primary N) is 1. The molecule has 0 radical (unpaired) electrons. The van der Waals surface area contributed by atoms with Crippen molar-refractivity contribution in [1.29, 1.82) is 0 Å². The molecule has 0 saturated heterocycles. The topological polar surface area (TPSA) is 48.0 Å². The molecule has 0 bridgehead atoms. The van der Waals surface area contributed by atoms with Gasteiger partial charge >= 0.3 is 0 Å². The lowest BCUT2D eigenvalue weighted by atomic mass is 10.1. The van der Waals surface area contributed by atoms with Crippen LogP contribution in [0.3, 0.4) is 0 Å². The van der Waals surface area contributed by atoms with Crippen molar-refractivity contribution in [3.63, 3.8) is 0 Å². The molecule has 1 unspecified atom stereocenters. The SMILES string of the molecule is C#CC(C)n1c(N)cc2ccccc2c1=O. The van der Waals surface area contributed by atoms with Gasteiger partial charge in [0, 0.05) is 5.39 Å². The Bertz CT molecular complexity index is 634. The Balaban J connectivity index is 2.88. The van der Waals surface area contributed by atoms with Crippen molar-refractivity contribution in [3.05, 3.63) is 40.7 Å². The van der Waals surface area contributed by atoms with Gasteiger partial charge in [0.15, 0.2) is 0 Å². The Labute approximate surface area is 93.5 Å². The molecule has 0 aliphatic carbocycles. The molecule has 0 aliphatic rings. The van der Waals surface area contributed by atoms with Crippen LogP contribution in [0, 0.1) is 12.3 Å². The van der Waals surface area contributed by atoms with Crippen molar-refractivity contribution in [2.75, 3.05) is 5.73 Å². The normalized spacial score (nSPS) is 12.2. The number of aromatic nitrogens is 1. The molecule has 0 aliphatic heterocycles. The van der Waals surface area contributed by atoms with E-state index >= 15 is 0 Å². The third-order valence-corrected chi connectivity index (χ3v) is 2.62. The monoisotopic (exact) mass is 212 g/mol. The molecule has 3 nitrogen and oxygen atoms in total. The lowest BCUT2D eigenvalue weighted by molar-refractivity contribution is 0.670. The van der Waals surface area contributed by atoms with Gasteiger partial charge in [-0.05, 0) is 24.4 Å². The first-order valence-electron chi connectivity index (χ1n) is 5.01. The molecule has 0 spiro atoms. The number of anilines is 1. The summed E-state index contributed by atoms with van der Waals surface area (Å²) < 4.78 is 1.43. The van der Waals surface area contributed by atoms with Crippen molar-refractivity contribution >= 4 is 16.6 Å². The van der Waals surface area contributed by atoms with Gasteiger partial charge in [-0.15, -0.1) is 6.42 Å². The average Bonchev–Trinajstić information content (AvgIpc) is 2.28. The number of rotatable bonds is 1.